The normalized spacial score (nSPS) is 22.4. The highest BCUT2D eigenvalue weighted by molar-refractivity contribution is 7.47. The molecule has 0 saturated heterocycles. The van der Waals surface area contributed by atoms with Crippen molar-refractivity contribution in [3.8, 4) is 0 Å². The van der Waals surface area contributed by atoms with Gasteiger partial charge in [0.25, 0.3) is 0 Å². The van der Waals surface area contributed by atoms with Crippen LogP contribution in [0.4, 0.5) is 0 Å². The molecule has 392 valence electrons. The second-order valence-electron chi connectivity index (χ2n) is 19.6. The summed E-state index contributed by atoms with van der Waals surface area (Å²) in [7, 11) is -5.12. The Morgan fingerprint density at radius 3 is 1.26 bits per heavy atom. The molecule has 0 radical (unpaired) electrons. The lowest BCUT2D eigenvalue weighted by Crippen LogP contribution is -2.64. The van der Waals surface area contributed by atoms with Crippen LogP contribution in [0, 0.1) is 0 Å². The number of aliphatic hydroxyl groups is 7. The zero-order chi connectivity index (χ0) is 48.7. The molecule has 1 amide bonds. The number of phosphoric ester groups is 1. The predicted molar refractivity (Wildman–Crippen MR) is 266 cm³/mol. The highest BCUT2D eigenvalue weighted by atomic mass is 31.2. The average Bonchev–Trinajstić information content (AvgIpc) is 3.29. The highest BCUT2D eigenvalue weighted by Gasteiger charge is 2.51. The molecule has 0 aromatic heterocycles. The molecule has 8 unspecified atom stereocenters. The lowest BCUT2D eigenvalue weighted by molar-refractivity contribution is -0.220. The second-order valence-corrected chi connectivity index (χ2v) is 21.0. The zero-order valence-corrected chi connectivity index (χ0v) is 42.8. The number of hydrogen-bond donors (Lipinski definition) is 9. The van der Waals surface area contributed by atoms with Crippen LogP contribution in [0.15, 0.2) is 12.2 Å². The van der Waals surface area contributed by atoms with Crippen LogP contribution in [0.1, 0.15) is 251 Å². The third-order valence-electron chi connectivity index (χ3n) is 13.4. The van der Waals surface area contributed by atoms with Crippen LogP contribution in [0.3, 0.4) is 0 Å². The molecular weight excluding hydrogens is 862 g/mol. The van der Waals surface area contributed by atoms with E-state index in [-0.39, 0.29) is 12.8 Å². The Hall–Kier alpha value is -0.960. The number of allylic oxidation sites excluding steroid dienone is 2. The molecule has 66 heavy (non-hydrogen) atoms. The highest BCUT2D eigenvalue weighted by Crippen LogP contribution is 2.47. The molecular formula is C52H102NO12P. The molecule has 1 rings (SSSR count). The fraction of sp³-hybridized carbons (Fsp3) is 0.942. The van der Waals surface area contributed by atoms with E-state index in [0.717, 1.165) is 57.8 Å². The first-order valence-electron chi connectivity index (χ1n) is 27.2. The van der Waals surface area contributed by atoms with Crippen molar-refractivity contribution in [2.24, 2.45) is 0 Å². The van der Waals surface area contributed by atoms with Crippen molar-refractivity contribution in [3.63, 3.8) is 0 Å². The molecule has 0 aromatic carbocycles. The van der Waals surface area contributed by atoms with E-state index in [1.165, 1.54) is 154 Å². The summed E-state index contributed by atoms with van der Waals surface area (Å²) < 4.78 is 23.0. The first-order valence-corrected chi connectivity index (χ1v) is 28.7. The number of aliphatic hydroxyl groups excluding tert-OH is 7. The van der Waals surface area contributed by atoms with Crippen molar-refractivity contribution in [3.05, 3.63) is 12.2 Å². The number of rotatable bonds is 46. The van der Waals surface area contributed by atoms with Gasteiger partial charge in [-0.25, -0.2) is 4.57 Å². The van der Waals surface area contributed by atoms with Gasteiger partial charge in [-0.1, -0.05) is 219 Å². The van der Waals surface area contributed by atoms with E-state index >= 15 is 0 Å². The Balaban J connectivity index is 2.44. The Bertz CT molecular complexity index is 1180. The Labute approximate surface area is 401 Å². The van der Waals surface area contributed by atoms with Crippen LogP contribution in [0.5, 0.6) is 0 Å². The van der Waals surface area contributed by atoms with Gasteiger partial charge >= 0.3 is 7.82 Å². The Morgan fingerprint density at radius 2 is 0.848 bits per heavy atom. The quantitative estimate of drug-likeness (QED) is 0.0158. The van der Waals surface area contributed by atoms with Crippen LogP contribution >= 0.6 is 7.82 Å². The van der Waals surface area contributed by atoms with E-state index in [0.29, 0.717) is 12.8 Å². The molecule has 0 aromatic rings. The van der Waals surface area contributed by atoms with Gasteiger partial charge < -0.3 is 46.0 Å². The van der Waals surface area contributed by atoms with E-state index < -0.39 is 75.2 Å². The first-order chi connectivity index (χ1) is 31.8. The Kier molecular flexibility index (Phi) is 39.9. The fourth-order valence-electron chi connectivity index (χ4n) is 8.95. The van der Waals surface area contributed by atoms with Crippen molar-refractivity contribution in [1.29, 1.82) is 0 Å². The summed E-state index contributed by atoms with van der Waals surface area (Å²) in [5.41, 5.74) is 0. The van der Waals surface area contributed by atoms with E-state index in [4.69, 9.17) is 9.05 Å². The SMILES string of the molecule is CCCCCCCCCCC/C=C\CCCCCC(O)CC(=O)NC(COP(=O)(O)OC1C(O)C(O)C(O)C(O)C1O)C(O)CCCCCCCCCCCCCCCCCCCCCC. The van der Waals surface area contributed by atoms with Gasteiger partial charge in [0.2, 0.25) is 5.91 Å². The van der Waals surface area contributed by atoms with Crippen LogP contribution in [-0.4, -0.2) is 108 Å². The monoisotopic (exact) mass is 964 g/mol. The van der Waals surface area contributed by atoms with Crippen molar-refractivity contribution >= 4 is 13.7 Å². The number of unbranched alkanes of at least 4 members (excludes halogenated alkanes) is 31. The number of carbonyl (C=O) groups excluding carboxylic acids is 1. The Morgan fingerprint density at radius 1 is 0.515 bits per heavy atom. The van der Waals surface area contributed by atoms with E-state index in [9.17, 15) is 50.0 Å². The second kappa shape index (κ2) is 41.8. The van der Waals surface area contributed by atoms with Gasteiger partial charge in [-0.05, 0) is 38.5 Å². The molecule has 14 heteroatoms. The van der Waals surface area contributed by atoms with E-state index in [1.807, 2.05) is 0 Å². The van der Waals surface area contributed by atoms with Crippen LogP contribution in [-0.2, 0) is 18.4 Å². The van der Waals surface area contributed by atoms with Crippen molar-refractivity contribution in [1.82, 2.24) is 5.32 Å². The van der Waals surface area contributed by atoms with Gasteiger partial charge in [-0.3, -0.25) is 13.8 Å². The largest absolute Gasteiger partial charge is 0.472 e. The molecule has 1 saturated carbocycles. The van der Waals surface area contributed by atoms with E-state index in [2.05, 4.69) is 31.3 Å². The maximum absolute atomic E-state index is 13.1. The fourth-order valence-corrected chi connectivity index (χ4v) is 9.92. The summed E-state index contributed by atoms with van der Waals surface area (Å²) in [4.78, 5) is 23.6. The number of phosphoric acid groups is 1. The lowest BCUT2D eigenvalue weighted by Gasteiger charge is -2.41. The molecule has 1 fully saturated rings. The number of nitrogens with one attached hydrogen (secondary N) is 1. The minimum Gasteiger partial charge on any atom is -0.393 e. The molecule has 0 aliphatic heterocycles. The standard InChI is InChI=1S/C52H102NO12P/c1-3-5-7-9-11-13-15-17-19-21-22-23-24-26-28-30-32-34-36-38-40-45(55)44(42-64-66(62,63)65-52-50(60)48(58)47(57)49(59)51(52)61)53-46(56)41-43(54)39-37-35-33-31-29-27-25-20-18-16-14-12-10-8-6-4-2/h27,29,43-45,47-52,54-55,57-61H,3-26,28,30-42H2,1-2H3,(H,53,56)(H,62,63)/b29-27-. The van der Waals surface area contributed by atoms with Gasteiger partial charge in [0.15, 0.2) is 0 Å². The van der Waals surface area contributed by atoms with Crippen molar-refractivity contribution in [2.75, 3.05) is 6.61 Å². The van der Waals surface area contributed by atoms with Crippen LogP contribution in [0.2, 0.25) is 0 Å². The summed E-state index contributed by atoms with van der Waals surface area (Å²) in [5.74, 6) is -0.565. The summed E-state index contributed by atoms with van der Waals surface area (Å²) >= 11 is 0. The van der Waals surface area contributed by atoms with Gasteiger partial charge in [0, 0.05) is 0 Å². The minimum absolute atomic E-state index is 0.229. The zero-order valence-electron chi connectivity index (χ0n) is 41.9. The summed E-state index contributed by atoms with van der Waals surface area (Å²) in [6.07, 6.45) is 32.5. The van der Waals surface area contributed by atoms with Gasteiger partial charge in [-0.2, -0.15) is 0 Å². The average molecular weight is 964 g/mol. The summed E-state index contributed by atoms with van der Waals surface area (Å²) in [6, 6.07) is -1.16. The lowest BCUT2D eigenvalue weighted by atomic mass is 9.85. The minimum atomic E-state index is -5.12. The first kappa shape index (κ1) is 63.1. The predicted octanol–water partition coefficient (Wildman–Crippen LogP) is 10.5. The van der Waals surface area contributed by atoms with Gasteiger partial charge in [-0.15, -0.1) is 0 Å². The third-order valence-corrected chi connectivity index (χ3v) is 14.4. The van der Waals surface area contributed by atoms with Gasteiger partial charge in [0.05, 0.1) is 31.3 Å². The molecule has 0 bridgehead atoms. The van der Waals surface area contributed by atoms with E-state index in [1.54, 1.807) is 0 Å². The number of amides is 1. The molecule has 0 heterocycles. The number of hydrogen-bond acceptors (Lipinski definition) is 11. The van der Waals surface area contributed by atoms with Crippen LogP contribution in [0.25, 0.3) is 0 Å². The van der Waals surface area contributed by atoms with Gasteiger partial charge in [0.1, 0.15) is 36.6 Å². The third kappa shape index (κ3) is 32.8. The molecule has 1 aliphatic rings. The van der Waals surface area contributed by atoms with Crippen molar-refractivity contribution in [2.45, 2.75) is 306 Å². The summed E-state index contributed by atoms with van der Waals surface area (Å²) in [5, 5.41) is 74.9. The summed E-state index contributed by atoms with van der Waals surface area (Å²) in [6.45, 7) is 3.82. The van der Waals surface area contributed by atoms with Crippen LogP contribution < -0.4 is 5.32 Å². The maximum atomic E-state index is 13.1. The molecule has 9 N–H and O–H groups in total. The molecule has 13 nitrogen and oxygen atoms in total. The maximum Gasteiger partial charge on any atom is 0.472 e. The van der Waals surface area contributed by atoms with Crippen molar-refractivity contribution < 1.29 is 59.0 Å². The molecule has 8 atom stereocenters. The smallest absolute Gasteiger partial charge is 0.393 e. The number of carbonyl (C=O) groups is 1. The molecule has 0 spiro atoms. The topological polar surface area (TPSA) is 226 Å². The molecule has 1 aliphatic carbocycles.